The van der Waals surface area contributed by atoms with E-state index in [9.17, 15) is 4.79 Å². The Labute approximate surface area is 83.9 Å². The van der Waals surface area contributed by atoms with Crippen molar-refractivity contribution in [3.05, 3.63) is 42.0 Å². The number of carbonyl (C=O) groups is 1. The van der Waals surface area contributed by atoms with E-state index in [-0.39, 0.29) is 5.92 Å². The van der Waals surface area contributed by atoms with Gasteiger partial charge < -0.3 is 5.11 Å². The van der Waals surface area contributed by atoms with Crippen LogP contribution in [0.25, 0.3) is 6.08 Å². The van der Waals surface area contributed by atoms with E-state index in [0.717, 1.165) is 5.56 Å². The number of aliphatic carboxylic acids is 1. The third-order valence-electron chi connectivity index (χ3n) is 2.02. The van der Waals surface area contributed by atoms with Gasteiger partial charge in [-0.25, -0.2) is 0 Å². The van der Waals surface area contributed by atoms with Crippen LogP contribution in [0.5, 0.6) is 0 Å². The minimum atomic E-state index is -0.747. The maximum Gasteiger partial charge on any atom is 0.306 e. The summed E-state index contributed by atoms with van der Waals surface area (Å²) in [5, 5.41) is 8.65. The van der Waals surface area contributed by atoms with Crippen LogP contribution in [-0.4, -0.2) is 11.1 Å². The minimum Gasteiger partial charge on any atom is -0.481 e. The van der Waals surface area contributed by atoms with Gasteiger partial charge in [0.2, 0.25) is 0 Å². The standard InChI is InChI=1S/C12H14O2/c1-10(12(13)14)6-5-9-11-7-3-2-4-8-11/h2-5,7-10H,6H2,1H3,(H,13,14)/t10-/m1/s1. The van der Waals surface area contributed by atoms with Gasteiger partial charge in [0.05, 0.1) is 5.92 Å². The second-order valence-electron chi connectivity index (χ2n) is 3.29. The topological polar surface area (TPSA) is 37.3 Å². The normalized spacial score (nSPS) is 12.9. The Hall–Kier alpha value is -1.57. The summed E-state index contributed by atoms with van der Waals surface area (Å²) in [5.74, 6) is -1.06. The van der Waals surface area contributed by atoms with Gasteiger partial charge in [0, 0.05) is 0 Å². The van der Waals surface area contributed by atoms with E-state index in [1.807, 2.05) is 42.5 Å². The van der Waals surface area contributed by atoms with E-state index in [0.29, 0.717) is 6.42 Å². The lowest BCUT2D eigenvalue weighted by molar-refractivity contribution is -0.140. The van der Waals surface area contributed by atoms with Gasteiger partial charge >= 0.3 is 5.97 Å². The lowest BCUT2D eigenvalue weighted by Gasteiger charge is -1.99. The molecule has 0 heterocycles. The average Bonchev–Trinajstić information content (AvgIpc) is 2.19. The Morgan fingerprint density at radius 2 is 2.07 bits per heavy atom. The van der Waals surface area contributed by atoms with E-state index >= 15 is 0 Å². The summed E-state index contributed by atoms with van der Waals surface area (Å²) in [4.78, 5) is 10.5. The van der Waals surface area contributed by atoms with Gasteiger partial charge in [0.15, 0.2) is 0 Å². The first-order chi connectivity index (χ1) is 6.70. The summed E-state index contributed by atoms with van der Waals surface area (Å²) in [5.41, 5.74) is 1.10. The number of hydrogen-bond acceptors (Lipinski definition) is 1. The minimum absolute atomic E-state index is 0.310. The summed E-state index contributed by atoms with van der Waals surface area (Å²) < 4.78 is 0. The fourth-order valence-corrected chi connectivity index (χ4v) is 1.07. The van der Waals surface area contributed by atoms with Gasteiger partial charge in [-0.15, -0.1) is 0 Å². The van der Waals surface area contributed by atoms with E-state index < -0.39 is 5.97 Å². The van der Waals surface area contributed by atoms with Crippen LogP contribution >= 0.6 is 0 Å². The first-order valence-corrected chi connectivity index (χ1v) is 4.64. The monoisotopic (exact) mass is 190 g/mol. The Morgan fingerprint density at radius 1 is 1.43 bits per heavy atom. The van der Waals surface area contributed by atoms with Crippen molar-refractivity contribution in [2.45, 2.75) is 13.3 Å². The van der Waals surface area contributed by atoms with Crippen molar-refractivity contribution in [3.63, 3.8) is 0 Å². The molecule has 2 heteroatoms. The number of carboxylic acids is 1. The number of allylic oxidation sites excluding steroid dienone is 1. The molecule has 0 radical (unpaired) electrons. The molecule has 0 aliphatic carbocycles. The summed E-state index contributed by atoms with van der Waals surface area (Å²) in [6.45, 7) is 1.71. The Balaban J connectivity index is 2.46. The number of carboxylic acid groups (broad SMARTS) is 1. The average molecular weight is 190 g/mol. The van der Waals surface area contributed by atoms with Gasteiger partial charge in [-0.1, -0.05) is 49.4 Å². The highest BCUT2D eigenvalue weighted by atomic mass is 16.4. The van der Waals surface area contributed by atoms with Crippen LogP contribution < -0.4 is 0 Å². The predicted octanol–water partition coefficient (Wildman–Crippen LogP) is 2.81. The van der Waals surface area contributed by atoms with Crippen molar-refractivity contribution in [2.24, 2.45) is 5.92 Å². The molecule has 1 aromatic rings. The van der Waals surface area contributed by atoms with Crippen LogP contribution in [0.3, 0.4) is 0 Å². The molecule has 1 N–H and O–H groups in total. The van der Waals surface area contributed by atoms with Gasteiger partial charge in [-0.2, -0.15) is 0 Å². The van der Waals surface area contributed by atoms with E-state index in [2.05, 4.69) is 0 Å². The molecule has 0 spiro atoms. The summed E-state index contributed by atoms with van der Waals surface area (Å²) >= 11 is 0. The Kier molecular flexibility index (Phi) is 3.92. The smallest absolute Gasteiger partial charge is 0.306 e. The predicted molar refractivity (Wildman–Crippen MR) is 56.9 cm³/mol. The molecule has 0 aromatic heterocycles. The Morgan fingerprint density at radius 3 is 2.64 bits per heavy atom. The Bertz CT molecular complexity index is 314. The molecular formula is C12H14O2. The quantitative estimate of drug-likeness (QED) is 0.792. The molecule has 74 valence electrons. The third-order valence-corrected chi connectivity index (χ3v) is 2.02. The second kappa shape index (κ2) is 5.22. The maximum atomic E-state index is 10.5. The lowest BCUT2D eigenvalue weighted by Crippen LogP contribution is -2.07. The zero-order valence-corrected chi connectivity index (χ0v) is 8.18. The zero-order chi connectivity index (χ0) is 10.4. The van der Waals surface area contributed by atoms with E-state index in [4.69, 9.17) is 5.11 Å². The first kappa shape index (κ1) is 10.5. The molecule has 0 amide bonds. The van der Waals surface area contributed by atoms with Gasteiger partial charge in [0.25, 0.3) is 0 Å². The molecule has 0 aliphatic rings. The second-order valence-corrected chi connectivity index (χ2v) is 3.29. The number of hydrogen-bond donors (Lipinski definition) is 1. The van der Waals surface area contributed by atoms with E-state index in [1.165, 1.54) is 0 Å². The van der Waals surface area contributed by atoms with Crippen molar-refractivity contribution < 1.29 is 9.90 Å². The highest BCUT2D eigenvalue weighted by Gasteiger charge is 2.07. The van der Waals surface area contributed by atoms with Crippen molar-refractivity contribution in [1.29, 1.82) is 0 Å². The molecule has 2 nitrogen and oxygen atoms in total. The molecule has 0 saturated carbocycles. The highest BCUT2D eigenvalue weighted by molar-refractivity contribution is 5.69. The first-order valence-electron chi connectivity index (χ1n) is 4.64. The van der Waals surface area contributed by atoms with Crippen LogP contribution in [0, 0.1) is 5.92 Å². The molecule has 1 aromatic carbocycles. The van der Waals surface area contributed by atoms with Crippen LogP contribution in [0.1, 0.15) is 18.9 Å². The van der Waals surface area contributed by atoms with Gasteiger partial charge in [-0.3, -0.25) is 4.79 Å². The fraction of sp³-hybridized carbons (Fsp3) is 0.250. The molecule has 14 heavy (non-hydrogen) atoms. The number of benzene rings is 1. The van der Waals surface area contributed by atoms with E-state index in [1.54, 1.807) is 6.92 Å². The van der Waals surface area contributed by atoms with Gasteiger partial charge in [-0.05, 0) is 12.0 Å². The lowest BCUT2D eigenvalue weighted by atomic mass is 10.1. The SMILES string of the molecule is C[C@H](CC=Cc1ccccc1)C(=O)O. The molecule has 1 rings (SSSR count). The molecule has 0 aliphatic heterocycles. The highest BCUT2D eigenvalue weighted by Crippen LogP contribution is 2.06. The largest absolute Gasteiger partial charge is 0.481 e. The molecule has 0 saturated heterocycles. The van der Waals surface area contributed by atoms with Crippen LogP contribution in [0.4, 0.5) is 0 Å². The van der Waals surface area contributed by atoms with Gasteiger partial charge in [0.1, 0.15) is 0 Å². The maximum absolute atomic E-state index is 10.5. The van der Waals surface area contributed by atoms with Crippen LogP contribution in [-0.2, 0) is 4.79 Å². The molecule has 1 atom stereocenters. The van der Waals surface area contributed by atoms with Crippen molar-refractivity contribution in [1.82, 2.24) is 0 Å². The third kappa shape index (κ3) is 3.44. The summed E-state index contributed by atoms with van der Waals surface area (Å²) in [6, 6.07) is 9.85. The molecular weight excluding hydrogens is 176 g/mol. The molecule has 0 unspecified atom stereocenters. The van der Waals surface area contributed by atoms with Crippen molar-refractivity contribution in [2.75, 3.05) is 0 Å². The van der Waals surface area contributed by atoms with Crippen LogP contribution in [0.2, 0.25) is 0 Å². The molecule has 0 fully saturated rings. The number of rotatable bonds is 4. The van der Waals surface area contributed by atoms with Crippen LogP contribution in [0.15, 0.2) is 36.4 Å². The summed E-state index contributed by atoms with van der Waals surface area (Å²) in [6.07, 6.45) is 4.41. The molecule has 0 bridgehead atoms. The van der Waals surface area contributed by atoms with Crippen molar-refractivity contribution >= 4 is 12.0 Å². The fourth-order valence-electron chi connectivity index (χ4n) is 1.07. The van der Waals surface area contributed by atoms with Crippen molar-refractivity contribution in [3.8, 4) is 0 Å². The summed E-state index contributed by atoms with van der Waals surface area (Å²) in [7, 11) is 0. The zero-order valence-electron chi connectivity index (χ0n) is 8.18.